The first-order chi connectivity index (χ1) is 17.3. The summed E-state index contributed by atoms with van der Waals surface area (Å²) < 4.78 is 2.37. The standard InChI is InChI=1S/C32H23N3/c1-2-9-22(10-3-1)20-33-21-23-11-8-12-24(17-23)35-31-16-7-5-14-26(31)28-18-27-25-13-4-6-15-29(25)34-30(27)19-32(28)35/h1-19,21,34H,20H2/b33-21+. The summed E-state index contributed by atoms with van der Waals surface area (Å²) in [5, 5.41) is 5.05. The van der Waals surface area contributed by atoms with E-state index >= 15 is 0 Å². The highest BCUT2D eigenvalue weighted by molar-refractivity contribution is 6.18. The summed E-state index contributed by atoms with van der Waals surface area (Å²) in [6, 6.07) is 40.8. The molecule has 0 spiro atoms. The Morgan fingerprint density at radius 3 is 2.31 bits per heavy atom. The molecule has 0 aliphatic carbocycles. The summed E-state index contributed by atoms with van der Waals surface area (Å²) in [5.74, 6) is 0. The van der Waals surface area contributed by atoms with E-state index in [1.54, 1.807) is 0 Å². The second-order valence-corrected chi connectivity index (χ2v) is 8.99. The third kappa shape index (κ3) is 3.32. The Hall–Kier alpha value is -4.63. The summed E-state index contributed by atoms with van der Waals surface area (Å²) >= 11 is 0. The minimum Gasteiger partial charge on any atom is -0.354 e. The van der Waals surface area contributed by atoms with Crippen LogP contribution in [-0.2, 0) is 6.54 Å². The molecule has 7 aromatic rings. The average Bonchev–Trinajstić information content (AvgIpc) is 3.43. The first kappa shape index (κ1) is 19.8. The van der Waals surface area contributed by atoms with Crippen LogP contribution in [0.2, 0.25) is 0 Å². The van der Waals surface area contributed by atoms with E-state index < -0.39 is 0 Å². The molecule has 0 radical (unpaired) electrons. The number of nitrogens with one attached hydrogen (secondary N) is 1. The Morgan fingerprint density at radius 2 is 1.40 bits per heavy atom. The minimum absolute atomic E-state index is 0.679. The zero-order valence-corrected chi connectivity index (χ0v) is 19.1. The van der Waals surface area contributed by atoms with E-state index in [9.17, 15) is 0 Å². The highest BCUT2D eigenvalue weighted by Gasteiger charge is 2.15. The van der Waals surface area contributed by atoms with Crippen LogP contribution < -0.4 is 0 Å². The predicted octanol–water partition coefficient (Wildman–Crippen LogP) is 8.04. The van der Waals surface area contributed by atoms with Gasteiger partial charge in [0.1, 0.15) is 0 Å². The van der Waals surface area contributed by atoms with E-state index in [2.05, 4.69) is 124 Å². The molecule has 3 heteroatoms. The van der Waals surface area contributed by atoms with Gasteiger partial charge in [-0.15, -0.1) is 0 Å². The Kier molecular flexibility index (Phi) is 4.52. The van der Waals surface area contributed by atoms with Crippen LogP contribution in [0.25, 0.3) is 49.3 Å². The molecule has 2 aromatic heterocycles. The van der Waals surface area contributed by atoms with Crippen molar-refractivity contribution in [1.82, 2.24) is 9.55 Å². The summed E-state index contributed by atoms with van der Waals surface area (Å²) in [4.78, 5) is 8.30. The quantitative estimate of drug-likeness (QED) is 0.264. The zero-order valence-electron chi connectivity index (χ0n) is 19.1. The number of H-pyrrole nitrogens is 1. The summed E-state index contributed by atoms with van der Waals surface area (Å²) in [7, 11) is 0. The van der Waals surface area contributed by atoms with Crippen LogP contribution in [0.5, 0.6) is 0 Å². The van der Waals surface area contributed by atoms with Crippen molar-refractivity contribution in [3.05, 3.63) is 126 Å². The number of benzene rings is 5. The predicted molar refractivity (Wildman–Crippen MR) is 148 cm³/mol. The molecule has 35 heavy (non-hydrogen) atoms. The largest absolute Gasteiger partial charge is 0.354 e. The highest BCUT2D eigenvalue weighted by atomic mass is 15.0. The van der Waals surface area contributed by atoms with Gasteiger partial charge in [-0.05, 0) is 47.5 Å². The monoisotopic (exact) mass is 449 g/mol. The fourth-order valence-corrected chi connectivity index (χ4v) is 5.18. The van der Waals surface area contributed by atoms with Gasteiger partial charge in [0.2, 0.25) is 0 Å². The van der Waals surface area contributed by atoms with E-state index in [4.69, 9.17) is 0 Å². The fraction of sp³-hybridized carbons (Fsp3) is 0.0312. The molecule has 1 N–H and O–H groups in total. The van der Waals surface area contributed by atoms with Crippen LogP contribution in [0.4, 0.5) is 0 Å². The van der Waals surface area contributed by atoms with Crippen molar-refractivity contribution in [3.8, 4) is 5.69 Å². The maximum absolute atomic E-state index is 4.68. The number of hydrogen-bond donors (Lipinski definition) is 1. The number of nitrogens with zero attached hydrogens (tertiary/aromatic N) is 2. The minimum atomic E-state index is 0.679. The van der Waals surface area contributed by atoms with Crippen molar-refractivity contribution in [2.75, 3.05) is 0 Å². The smallest absolute Gasteiger partial charge is 0.0639 e. The molecule has 166 valence electrons. The van der Waals surface area contributed by atoms with Crippen molar-refractivity contribution in [3.63, 3.8) is 0 Å². The molecule has 0 aliphatic heterocycles. The number of para-hydroxylation sites is 2. The van der Waals surface area contributed by atoms with E-state index in [0.29, 0.717) is 6.54 Å². The SMILES string of the molecule is C(=N\Cc1ccccc1)/c1cccc(-n2c3ccccc3c3cc4c(cc32)[nH]c2ccccc24)c1. The molecule has 0 fully saturated rings. The molecule has 0 unspecified atom stereocenters. The maximum Gasteiger partial charge on any atom is 0.0639 e. The number of aliphatic imine (C=N–C) groups is 1. The van der Waals surface area contributed by atoms with Crippen LogP contribution in [0.3, 0.4) is 0 Å². The summed E-state index contributed by atoms with van der Waals surface area (Å²) in [6.45, 7) is 0.679. The van der Waals surface area contributed by atoms with E-state index in [1.807, 2.05) is 12.3 Å². The van der Waals surface area contributed by atoms with Gasteiger partial charge in [-0.1, -0.05) is 78.9 Å². The van der Waals surface area contributed by atoms with Crippen molar-refractivity contribution >= 4 is 49.8 Å². The average molecular weight is 450 g/mol. The normalized spacial score (nSPS) is 12.0. The highest BCUT2D eigenvalue weighted by Crippen LogP contribution is 2.36. The first-order valence-corrected chi connectivity index (χ1v) is 11.9. The molecular formula is C32H23N3. The van der Waals surface area contributed by atoms with Gasteiger partial charge < -0.3 is 9.55 Å². The lowest BCUT2D eigenvalue weighted by Gasteiger charge is -2.09. The van der Waals surface area contributed by atoms with Gasteiger partial charge in [-0.25, -0.2) is 0 Å². The fourth-order valence-electron chi connectivity index (χ4n) is 5.18. The van der Waals surface area contributed by atoms with Crippen LogP contribution >= 0.6 is 0 Å². The molecule has 0 saturated heterocycles. The third-order valence-corrected chi connectivity index (χ3v) is 6.78. The Labute approximate surface area is 203 Å². The topological polar surface area (TPSA) is 33.1 Å². The van der Waals surface area contributed by atoms with E-state index in [-0.39, 0.29) is 0 Å². The van der Waals surface area contributed by atoms with Crippen molar-refractivity contribution in [2.45, 2.75) is 6.54 Å². The summed E-state index contributed by atoms with van der Waals surface area (Å²) in [6.07, 6.45) is 1.97. The molecule has 0 saturated carbocycles. The van der Waals surface area contributed by atoms with Crippen LogP contribution in [0.1, 0.15) is 11.1 Å². The second-order valence-electron chi connectivity index (χ2n) is 8.99. The molecule has 0 bridgehead atoms. The van der Waals surface area contributed by atoms with Crippen molar-refractivity contribution in [1.29, 1.82) is 0 Å². The lowest BCUT2D eigenvalue weighted by atomic mass is 10.1. The van der Waals surface area contributed by atoms with Crippen LogP contribution in [0, 0.1) is 0 Å². The van der Waals surface area contributed by atoms with Crippen molar-refractivity contribution in [2.24, 2.45) is 4.99 Å². The van der Waals surface area contributed by atoms with Gasteiger partial charge in [-0.3, -0.25) is 4.99 Å². The Morgan fingerprint density at radius 1 is 0.600 bits per heavy atom. The number of aromatic nitrogens is 2. The first-order valence-electron chi connectivity index (χ1n) is 11.9. The maximum atomic E-state index is 4.68. The Balaban J connectivity index is 1.40. The summed E-state index contributed by atoms with van der Waals surface area (Å²) in [5.41, 5.74) is 8.17. The molecule has 3 nitrogen and oxygen atoms in total. The van der Waals surface area contributed by atoms with Crippen LogP contribution in [-0.4, -0.2) is 15.8 Å². The van der Waals surface area contributed by atoms with Gasteiger partial charge in [0.25, 0.3) is 0 Å². The molecule has 0 aliphatic rings. The van der Waals surface area contributed by atoms with E-state index in [1.165, 1.54) is 43.7 Å². The number of aromatic amines is 1. The van der Waals surface area contributed by atoms with Crippen LogP contribution in [0.15, 0.2) is 120 Å². The zero-order chi connectivity index (χ0) is 23.2. The molecule has 0 atom stereocenters. The van der Waals surface area contributed by atoms with Gasteiger partial charge in [-0.2, -0.15) is 0 Å². The van der Waals surface area contributed by atoms with Gasteiger partial charge >= 0.3 is 0 Å². The molecular weight excluding hydrogens is 426 g/mol. The molecule has 2 heterocycles. The van der Waals surface area contributed by atoms with Gasteiger partial charge in [0.15, 0.2) is 0 Å². The molecule has 7 rings (SSSR count). The van der Waals surface area contributed by atoms with Gasteiger partial charge in [0.05, 0.1) is 17.6 Å². The Bertz CT molecular complexity index is 1870. The number of hydrogen-bond acceptors (Lipinski definition) is 1. The van der Waals surface area contributed by atoms with E-state index in [0.717, 1.165) is 16.8 Å². The lowest BCUT2D eigenvalue weighted by Crippen LogP contribution is -1.95. The number of rotatable bonds is 4. The third-order valence-electron chi connectivity index (χ3n) is 6.78. The van der Waals surface area contributed by atoms with Gasteiger partial charge in [0, 0.05) is 44.5 Å². The molecule has 5 aromatic carbocycles. The lowest BCUT2D eigenvalue weighted by molar-refractivity contribution is 1.08. The second kappa shape index (κ2) is 8.00. The molecule has 0 amide bonds. The van der Waals surface area contributed by atoms with Crippen molar-refractivity contribution < 1.29 is 0 Å². The number of fused-ring (bicyclic) bond motifs is 6.